The van der Waals surface area contributed by atoms with Crippen molar-refractivity contribution < 1.29 is 0 Å². The Morgan fingerprint density at radius 1 is 0.727 bits per heavy atom. The van der Waals surface area contributed by atoms with Gasteiger partial charge in [-0.1, -0.05) is 134 Å². The van der Waals surface area contributed by atoms with Gasteiger partial charge in [-0.05, 0) is 110 Å². The van der Waals surface area contributed by atoms with Gasteiger partial charge in [0.1, 0.15) is 0 Å². The van der Waals surface area contributed by atoms with E-state index in [0.717, 1.165) is 36.1 Å². The number of hydrogen-bond acceptors (Lipinski definition) is 1. The van der Waals surface area contributed by atoms with E-state index >= 15 is 0 Å². The number of aryl methyl sites for hydroxylation is 1. The Bertz CT molecular complexity index is 2090. The predicted molar refractivity (Wildman–Crippen MR) is 192 cm³/mol. The first-order valence-electron chi connectivity index (χ1n) is 15.4. The SMILES string of the molecule is C=C(N=C/C=C(\C)c1ccccc1-c1ccc(-c2ccc3c(c2)c2c(c4ccccc43)C=CCC2)cc1)C1=CC=CCC=C1. The molecule has 1 heteroatoms. The molecule has 0 aliphatic heterocycles. The van der Waals surface area contributed by atoms with Crippen LogP contribution in [0.4, 0.5) is 0 Å². The lowest BCUT2D eigenvalue weighted by Gasteiger charge is -2.18. The third-order valence-corrected chi connectivity index (χ3v) is 8.77. The number of allylic oxidation sites excluding steroid dienone is 8. The molecule has 0 bridgehead atoms. The molecule has 0 aromatic heterocycles. The van der Waals surface area contributed by atoms with E-state index in [4.69, 9.17) is 0 Å². The summed E-state index contributed by atoms with van der Waals surface area (Å²) in [4.78, 5) is 4.61. The quantitative estimate of drug-likeness (QED) is 0.143. The van der Waals surface area contributed by atoms with Crippen LogP contribution in [0.25, 0.3) is 55.4 Å². The summed E-state index contributed by atoms with van der Waals surface area (Å²) in [5.41, 5.74) is 11.9. The second kappa shape index (κ2) is 12.1. The van der Waals surface area contributed by atoms with Crippen molar-refractivity contribution in [1.82, 2.24) is 0 Å². The maximum absolute atomic E-state index is 4.61. The Kier molecular flexibility index (Phi) is 7.61. The molecule has 44 heavy (non-hydrogen) atoms. The fourth-order valence-corrected chi connectivity index (χ4v) is 6.45. The summed E-state index contributed by atoms with van der Waals surface area (Å²) >= 11 is 0. The van der Waals surface area contributed by atoms with E-state index in [9.17, 15) is 0 Å². The Balaban J connectivity index is 1.19. The second-order valence-electron chi connectivity index (χ2n) is 11.5. The van der Waals surface area contributed by atoms with Gasteiger partial charge in [0.05, 0.1) is 5.70 Å². The molecule has 7 rings (SSSR count). The Morgan fingerprint density at radius 2 is 1.48 bits per heavy atom. The minimum absolute atomic E-state index is 0.763. The van der Waals surface area contributed by atoms with E-state index < -0.39 is 0 Å². The van der Waals surface area contributed by atoms with Crippen LogP contribution in [0.5, 0.6) is 0 Å². The Morgan fingerprint density at radius 3 is 2.36 bits per heavy atom. The maximum Gasteiger partial charge on any atom is 0.0630 e. The van der Waals surface area contributed by atoms with E-state index in [1.807, 2.05) is 6.21 Å². The highest BCUT2D eigenvalue weighted by molar-refractivity contribution is 6.13. The largest absolute Gasteiger partial charge is 0.257 e. The summed E-state index contributed by atoms with van der Waals surface area (Å²) in [5.74, 6) is 0. The average molecular weight is 566 g/mol. The Hall–Kier alpha value is -5.27. The molecule has 0 spiro atoms. The normalized spacial score (nSPS) is 14.7. The summed E-state index contributed by atoms with van der Waals surface area (Å²) in [6.45, 7) is 6.30. The van der Waals surface area contributed by atoms with Crippen LogP contribution in [0.2, 0.25) is 0 Å². The van der Waals surface area contributed by atoms with Crippen molar-refractivity contribution in [3.63, 3.8) is 0 Å². The molecular formula is C43H35N. The average Bonchev–Trinajstić information content (AvgIpc) is 3.38. The first kappa shape index (κ1) is 27.6. The van der Waals surface area contributed by atoms with Crippen LogP contribution in [0.3, 0.4) is 0 Å². The molecule has 0 heterocycles. The molecule has 0 unspecified atom stereocenters. The zero-order valence-corrected chi connectivity index (χ0v) is 25.1. The molecule has 212 valence electrons. The number of fused-ring (bicyclic) bond motifs is 6. The van der Waals surface area contributed by atoms with E-state index in [2.05, 4.69) is 158 Å². The van der Waals surface area contributed by atoms with Crippen molar-refractivity contribution >= 4 is 39.4 Å². The number of hydrogen-bond donors (Lipinski definition) is 0. The van der Waals surface area contributed by atoms with Crippen molar-refractivity contribution in [2.45, 2.75) is 26.2 Å². The van der Waals surface area contributed by atoms with E-state index in [-0.39, 0.29) is 0 Å². The minimum atomic E-state index is 0.763. The first-order chi connectivity index (χ1) is 21.7. The molecule has 0 saturated heterocycles. The lowest BCUT2D eigenvalue weighted by molar-refractivity contribution is 1.00. The van der Waals surface area contributed by atoms with Crippen LogP contribution in [-0.2, 0) is 6.42 Å². The van der Waals surface area contributed by atoms with Crippen molar-refractivity contribution in [3.05, 3.63) is 168 Å². The standard InChI is InChI=1S/C43H35N/c1-30(27-28-44-31(2)32-13-5-3-4-6-14-32)36-15-7-8-16-37(36)34-23-21-33(22-24-34)35-25-26-42-40-19-10-9-17-38(40)39-18-11-12-20-41(39)43(42)29-35/h3,5-11,13-19,21-29H,2,4,12,20H2,1H3/b30-27+,44-28?. The van der Waals surface area contributed by atoms with Crippen LogP contribution in [0.15, 0.2) is 156 Å². The molecule has 2 aliphatic rings. The Labute approximate surface area is 260 Å². The number of aliphatic imine (C=N–C) groups is 1. The topological polar surface area (TPSA) is 12.4 Å². The van der Waals surface area contributed by atoms with Gasteiger partial charge in [0.25, 0.3) is 0 Å². The fraction of sp³-hybridized carbons (Fsp3) is 0.0930. The smallest absolute Gasteiger partial charge is 0.0630 e. The monoisotopic (exact) mass is 565 g/mol. The van der Waals surface area contributed by atoms with Gasteiger partial charge < -0.3 is 0 Å². The molecule has 0 saturated carbocycles. The van der Waals surface area contributed by atoms with Gasteiger partial charge in [-0.25, -0.2) is 0 Å². The molecule has 0 atom stereocenters. The maximum atomic E-state index is 4.61. The first-order valence-corrected chi connectivity index (χ1v) is 15.4. The van der Waals surface area contributed by atoms with Crippen molar-refractivity contribution in [1.29, 1.82) is 0 Å². The summed E-state index contributed by atoms with van der Waals surface area (Å²) in [6, 6.07) is 33.4. The number of nitrogens with zero attached hydrogens (tertiary/aromatic N) is 1. The lowest BCUT2D eigenvalue weighted by Crippen LogP contribution is -1.98. The van der Waals surface area contributed by atoms with Crippen molar-refractivity contribution in [2.75, 3.05) is 0 Å². The molecule has 2 aliphatic carbocycles. The van der Waals surface area contributed by atoms with Crippen LogP contribution in [0, 0.1) is 0 Å². The predicted octanol–water partition coefficient (Wildman–Crippen LogP) is 11.7. The molecular weight excluding hydrogens is 530 g/mol. The van der Waals surface area contributed by atoms with Crippen molar-refractivity contribution in [2.24, 2.45) is 4.99 Å². The van der Waals surface area contributed by atoms with Gasteiger partial charge in [0, 0.05) is 6.21 Å². The highest BCUT2D eigenvalue weighted by atomic mass is 14.7. The molecule has 5 aromatic carbocycles. The summed E-state index contributed by atoms with van der Waals surface area (Å²) < 4.78 is 0. The summed E-state index contributed by atoms with van der Waals surface area (Å²) in [6.07, 6.45) is 22.1. The third-order valence-electron chi connectivity index (χ3n) is 8.77. The minimum Gasteiger partial charge on any atom is -0.257 e. The van der Waals surface area contributed by atoms with Crippen LogP contribution >= 0.6 is 0 Å². The van der Waals surface area contributed by atoms with Gasteiger partial charge in [-0.15, -0.1) is 0 Å². The van der Waals surface area contributed by atoms with E-state index in [1.165, 1.54) is 60.5 Å². The molecule has 0 amide bonds. The molecule has 1 nitrogen and oxygen atoms in total. The third kappa shape index (κ3) is 5.34. The summed E-state index contributed by atoms with van der Waals surface area (Å²) in [5, 5.41) is 5.41. The zero-order valence-electron chi connectivity index (χ0n) is 25.1. The van der Waals surface area contributed by atoms with Crippen LogP contribution in [0.1, 0.15) is 36.5 Å². The van der Waals surface area contributed by atoms with Gasteiger partial charge >= 0.3 is 0 Å². The van der Waals surface area contributed by atoms with E-state index in [0.29, 0.717) is 0 Å². The van der Waals surface area contributed by atoms with Gasteiger partial charge in [0.2, 0.25) is 0 Å². The van der Waals surface area contributed by atoms with Crippen molar-refractivity contribution in [3.8, 4) is 22.3 Å². The lowest BCUT2D eigenvalue weighted by atomic mass is 9.85. The summed E-state index contributed by atoms with van der Waals surface area (Å²) in [7, 11) is 0. The van der Waals surface area contributed by atoms with Gasteiger partial charge in [-0.2, -0.15) is 0 Å². The highest BCUT2D eigenvalue weighted by Gasteiger charge is 2.15. The van der Waals surface area contributed by atoms with E-state index in [1.54, 1.807) is 0 Å². The molecule has 0 fully saturated rings. The molecule has 0 N–H and O–H groups in total. The number of benzene rings is 5. The van der Waals surface area contributed by atoms with Gasteiger partial charge in [-0.3, -0.25) is 4.99 Å². The molecule has 5 aromatic rings. The van der Waals surface area contributed by atoms with Gasteiger partial charge in [0.15, 0.2) is 0 Å². The highest BCUT2D eigenvalue weighted by Crippen LogP contribution is 2.39. The second-order valence-corrected chi connectivity index (χ2v) is 11.5. The zero-order chi connectivity index (χ0) is 29.9. The number of rotatable bonds is 6. The van der Waals surface area contributed by atoms with Crippen LogP contribution < -0.4 is 0 Å². The van der Waals surface area contributed by atoms with Crippen LogP contribution in [-0.4, -0.2) is 6.21 Å². The fourth-order valence-electron chi connectivity index (χ4n) is 6.45. The molecule has 0 radical (unpaired) electrons.